The molecule has 0 bridgehead atoms. The fourth-order valence-corrected chi connectivity index (χ4v) is 4.23. The van der Waals surface area contributed by atoms with Crippen molar-refractivity contribution in [1.82, 2.24) is 10.2 Å². The van der Waals surface area contributed by atoms with Crippen molar-refractivity contribution in [3.63, 3.8) is 0 Å². The fraction of sp³-hybridized carbons (Fsp3) is 0.167. The second-order valence-electron chi connectivity index (χ2n) is 6.36. The Morgan fingerprint density at radius 1 is 1.00 bits per heavy atom. The molecule has 1 amide bonds. The molecular weight excluding hydrogens is 432 g/mol. The highest BCUT2D eigenvalue weighted by molar-refractivity contribution is 7.92. The van der Waals surface area contributed by atoms with Crippen LogP contribution in [0.1, 0.15) is 16.2 Å². The highest BCUT2D eigenvalue weighted by atomic mass is 32.2. The van der Waals surface area contributed by atoms with Crippen LogP contribution in [0.2, 0.25) is 0 Å². The van der Waals surface area contributed by atoms with Gasteiger partial charge in [0.05, 0.1) is 10.6 Å². The molecule has 30 heavy (non-hydrogen) atoms. The topological polar surface area (TPSA) is 140 Å². The van der Waals surface area contributed by atoms with Crippen LogP contribution in [0.15, 0.2) is 63.9 Å². The second-order valence-corrected chi connectivity index (χ2v) is 10.5. The molecule has 0 radical (unpaired) electrons. The summed E-state index contributed by atoms with van der Waals surface area (Å²) in [5.74, 6) is -1.22. The highest BCUT2D eigenvalue weighted by Gasteiger charge is 2.22. The molecule has 158 valence electrons. The van der Waals surface area contributed by atoms with Crippen LogP contribution in [0.25, 0.3) is 0 Å². The first-order chi connectivity index (χ1) is 14.1. The minimum Gasteiger partial charge on any atom is -0.407 e. The summed E-state index contributed by atoms with van der Waals surface area (Å²) < 4.78 is 54.2. The Balaban J connectivity index is 1.73. The number of nitrogens with one attached hydrogen (secondary N) is 1. The molecule has 2 aromatic carbocycles. The number of nitrogens with zero attached hydrogens (tertiary/aromatic N) is 3. The maximum Gasteiger partial charge on any atom is 0.322 e. The Morgan fingerprint density at radius 2 is 1.63 bits per heavy atom. The third-order valence-corrected chi connectivity index (χ3v) is 6.54. The average Bonchev–Trinajstić information content (AvgIpc) is 3.13. The largest absolute Gasteiger partial charge is 0.407 e. The SMILES string of the molecule is CN(c1ccccc1)S(=O)(=O)c1ccc(C(=O)Nc2nnc(CS(C)(=O)=O)o2)cc1. The van der Waals surface area contributed by atoms with Gasteiger partial charge in [-0.25, -0.2) is 16.8 Å². The second kappa shape index (κ2) is 8.24. The van der Waals surface area contributed by atoms with Crippen LogP contribution in [0.4, 0.5) is 11.7 Å². The molecule has 0 aliphatic carbocycles. The molecule has 0 saturated carbocycles. The van der Waals surface area contributed by atoms with Gasteiger partial charge in [0, 0.05) is 18.9 Å². The molecule has 1 aromatic heterocycles. The van der Waals surface area contributed by atoms with Gasteiger partial charge in [-0.2, -0.15) is 0 Å². The van der Waals surface area contributed by atoms with Crippen LogP contribution < -0.4 is 9.62 Å². The molecule has 0 saturated heterocycles. The summed E-state index contributed by atoms with van der Waals surface area (Å²) in [6.45, 7) is 0. The van der Waals surface area contributed by atoms with Gasteiger partial charge in [0.2, 0.25) is 5.89 Å². The smallest absolute Gasteiger partial charge is 0.322 e. The predicted molar refractivity (Wildman–Crippen MR) is 109 cm³/mol. The molecule has 12 heteroatoms. The zero-order valence-corrected chi connectivity index (χ0v) is 17.6. The number of rotatable bonds is 7. The Morgan fingerprint density at radius 3 is 2.23 bits per heavy atom. The first-order valence-electron chi connectivity index (χ1n) is 8.52. The maximum absolute atomic E-state index is 12.8. The summed E-state index contributed by atoms with van der Waals surface area (Å²) in [7, 11) is -5.72. The van der Waals surface area contributed by atoms with Crippen molar-refractivity contribution < 1.29 is 26.0 Å². The lowest BCUT2D eigenvalue weighted by atomic mass is 10.2. The number of anilines is 2. The van der Waals surface area contributed by atoms with E-state index in [1.54, 1.807) is 30.3 Å². The van der Waals surface area contributed by atoms with Crippen molar-refractivity contribution in [1.29, 1.82) is 0 Å². The van der Waals surface area contributed by atoms with Gasteiger partial charge in [0.1, 0.15) is 5.75 Å². The number of hydrogen-bond acceptors (Lipinski definition) is 8. The molecule has 0 fully saturated rings. The first-order valence-corrected chi connectivity index (χ1v) is 12.0. The van der Waals surface area contributed by atoms with E-state index in [1.807, 2.05) is 0 Å². The van der Waals surface area contributed by atoms with Crippen LogP contribution in [0.3, 0.4) is 0 Å². The predicted octanol–water partition coefficient (Wildman–Crippen LogP) is 1.69. The van der Waals surface area contributed by atoms with Gasteiger partial charge in [-0.3, -0.25) is 14.4 Å². The van der Waals surface area contributed by atoms with Crippen LogP contribution in [-0.4, -0.2) is 46.2 Å². The number of sulfonamides is 1. The standard InChI is InChI=1S/C18H18N4O6S2/c1-22(14-6-4-3-5-7-14)30(26,27)15-10-8-13(9-11-15)17(23)19-18-21-20-16(28-18)12-29(2,24)25/h3-11H,12H2,1-2H3,(H,19,21,23). The molecule has 1 N–H and O–H groups in total. The van der Waals surface area contributed by atoms with E-state index in [9.17, 15) is 21.6 Å². The quantitative estimate of drug-likeness (QED) is 0.574. The van der Waals surface area contributed by atoms with Crippen LogP contribution in [0.5, 0.6) is 0 Å². The van der Waals surface area contributed by atoms with E-state index < -0.39 is 31.5 Å². The summed E-state index contributed by atoms with van der Waals surface area (Å²) in [6, 6.07) is 13.6. The molecule has 0 aliphatic heterocycles. The molecule has 3 rings (SSSR count). The van der Waals surface area contributed by atoms with Gasteiger partial charge in [0.25, 0.3) is 15.9 Å². The van der Waals surface area contributed by atoms with Crippen molar-refractivity contribution in [3.05, 3.63) is 66.1 Å². The third kappa shape index (κ3) is 5.02. The van der Waals surface area contributed by atoms with Gasteiger partial charge >= 0.3 is 6.01 Å². The van der Waals surface area contributed by atoms with E-state index in [2.05, 4.69) is 15.5 Å². The Labute approximate surface area is 173 Å². The lowest BCUT2D eigenvalue weighted by Crippen LogP contribution is -2.26. The van der Waals surface area contributed by atoms with Crippen LogP contribution in [0, 0.1) is 0 Å². The van der Waals surface area contributed by atoms with Gasteiger partial charge in [-0.1, -0.05) is 23.3 Å². The van der Waals surface area contributed by atoms with Crippen molar-refractivity contribution in [3.8, 4) is 0 Å². The fourth-order valence-electron chi connectivity index (χ4n) is 2.47. The summed E-state index contributed by atoms with van der Waals surface area (Å²) in [5.41, 5.74) is 0.653. The molecule has 0 spiro atoms. The number of carbonyl (C=O) groups excluding carboxylic acids is 1. The van der Waals surface area contributed by atoms with E-state index >= 15 is 0 Å². The number of aromatic nitrogens is 2. The highest BCUT2D eigenvalue weighted by Crippen LogP contribution is 2.22. The Bertz CT molecular complexity index is 1250. The summed E-state index contributed by atoms with van der Waals surface area (Å²) in [4.78, 5) is 12.3. The van der Waals surface area contributed by atoms with E-state index in [4.69, 9.17) is 4.42 Å². The van der Waals surface area contributed by atoms with Crippen molar-refractivity contribution in [2.45, 2.75) is 10.6 Å². The number of amides is 1. The Kier molecular flexibility index (Phi) is 5.89. The number of para-hydroxylation sites is 1. The van der Waals surface area contributed by atoms with Crippen molar-refractivity contribution in [2.75, 3.05) is 22.9 Å². The van der Waals surface area contributed by atoms with Gasteiger partial charge in [0.15, 0.2) is 9.84 Å². The molecule has 1 heterocycles. The zero-order chi connectivity index (χ0) is 21.9. The number of benzene rings is 2. The lowest BCUT2D eigenvalue weighted by Gasteiger charge is -2.19. The molecule has 0 unspecified atom stereocenters. The van der Waals surface area contributed by atoms with Gasteiger partial charge in [-0.15, -0.1) is 5.10 Å². The normalized spacial score (nSPS) is 11.8. The lowest BCUT2D eigenvalue weighted by molar-refractivity contribution is 0.102. The first kappa shape index (κ1) is 21.5. The summed E-state index contributed by atoms with van der Waals surface area (Å²) >= 11 is 0. The molecule has 0 aliphatic rings. The van der Waals surface area contributed by atoms with E-state index in [-0.39, 0.29) is 22.4 Å². The van der Waals surface area contributed by atoms with Crippen LogP contribution >= 0.6 is 0 Å². The summed E-state index contributed by atoms with van der Waals surface area (Å²) in [6.07, 6.45) is 1.01. The minimum atomic E-state index is -3.80. The Hall–Kier alpha value is -3.25. The van der Waals surface area contributed by atoms with Gasteiger partial charge in [-0.05, 0) is 36.4 Å². The van der Waals surface area contributed by atoms with Gasteiger partial charge < -0.3 is 4.42 Å². The molecule has 10 nitrogen and oxygen atoms in total. The number of carbonyl (C=O) groups is 1. The third-order valence-electron chi connectivity index (χ3n) is 3.97. The average molecular weight is 450 g/mol. The molecular formula is C18H18N4O6S2. The van der Waals surface area contributed by atoms with Crippen molar-refractivity contribution >= 4 is 37.5 Å². The van der Waals surface area contributed by atoms with Crippen molar-refractivity contribution in [2.24, 2.45) is 0 Å². The number of sulfone groups is 1. The summed E-state index contributed by atoms with van der Waals surface area (Å²) in [5, 5.41) is 9.45. The zero-order valence-electron chi connectivity index (χ0n) is 16.0. The van der Waals surface area contributed by atoms with E-state index in [0.29, 0.717) is 5.69 Å². The minimum absolute atomic E-state index is 0.0126. The molecule has 3 aromatic rings. The van der Waals surface area contributed by atoms with Crippen LogP contribution in [-0.2, 0) is 25.6 Å². The van der Waals surface area contributed by atoms with E-state index in [1.165, 1.54) is 31.3 Å². The number of hydrogen-bond donors (Lipinski definition) is 1. The molecule has 0 atom stereocenters. The maximum atomic E-state index is 12.8. The van der Waals surface area contributed by atoms with E-state index in [0.717, 1.165) is 10.6 Å². The monoisotopic (exact) mass is 450 g/mol.